The van der Waals surface area contributed by atoms with Crippen molar-refractivity contribution in [1.82, 2.24) is 15.1 Å². The highest BCUT2D eigenvalue weighted by Gasteiger charge is 2.30. The minimum absolute atomic E-state index is 0.233. The summed E-state index contributed by atoms with van der Waals surface area (Å²) >= 11 is 0. The number of likely N-dealkylation sites (tertiary alicyclic amines) is 1. The Morgan fingerprint density at radius 3 is 2.81 bits per heavy atom. The summed E-state index contributed by atoms with van der Waals surface area (Å²) in [7, 11) is 0. The van der Waals surface area contributed by atoms with Gasteiger partial charge in [-0.2, -0.15) is 0 Å². The molecule has 0 aromatic rings. The average Bonchev–Trinajstić information content (AvgIpc) is 3.07. The van der Waals surface area contributed by atoms with E-state index in [9.17, 15) is 4.79 Å². The molecule has 1 N–H and O–H groups in total. The summed E-state index contributed by atoms with van der Waals surface area (Å²) in [5, 5.41) is 3.32. The van der Waals surface area contributed by atoms with Crippen molar-refractivity contribution < 1.29 is 9.53 Å². The predicted octanol–water partition coefficient (Wildman–Crippen LogP) is 0.557. The number of ether oxygens (including phenoxy) is 1. The minimum Gasteiger partial charge on any atom is -0.381 e. The molecule has 3 rings (SSSR count). The van der Waals surface area contributed by atoms with Gasteiger partial charge in [0, 0.05) is 45.9 Å². The van der Waals surface area contributed by atoms with Crippen molar-refractivity contribution in [1.29, 1.82) is 0 Å². The number of carbonyl (C=O) groups excluding carboxylic acids is 1. The number of rotatable bonds is 4. The standard InChI is InChI=1S/C16H29N3O2/c20-16(19-9-5-17-6-10-19)15-2-1-7-18(12-15)8-3-14-4-11-21-13-14/h14-15,17H,1-13H2. The number of carbonyl (C=O) groups is 1. The Bertz CT molecular complexity index is 338. The van der Waals surface area contributed by atoms with Crippen molar-refractivity contribution >= 4 is 5.91 Å². The molecule has 3 aliphatic heterocycles. The topological polar surface area (TPSA) is 44.8 Å². The molecule has 0 spiro atoms. The molecule has 5 nitrogen and oxygen atoms in total. The number of piperidine rings is 1. The van der Waals surface area contributed by atoms with Gasteiger partial charge in [-0.1, -0.05) is 0 Å². The molecule has 2 unspecified atom stereocenters. The normalized spacial score (nSPS) is 31.5. The molecule has 3 aliphatic rings. The van der Waals surface area contributed by atoms with Gasteiger partial charge in [0.25, 0.3) is 0 Å². The number of hydrogen-bond acceptors (Lipinski definition) is 4. The number of amides is 1. The van der Waals surface area contributed by atoms with Crippen LogP contribution in [0.2, 0.25) is 0 Å². The minimum atomic E-state index is 0.233. The second-order valence-electron chi connectivity index (χ2n) is 6.73. The fourth-order valence-corrected chi connectivity index (χ4v) is 3.78. The number of nitrogens with one attached hydrogen (secondary N) is 1. The largest absolute Gasteiger partial charge is 0.381 e. The summed E-state index contributed by atoms with van der Waals surface area (Å²) in [6.45, 7) is 8.82. The third kappa shape index (κ3) is 4.18. The molecule has 21 heavy (non-hydrogen) atoms. The molecule has 3 fully saturated rings. The first kappa shape index (κ1) is 15.3. The average molecular weight is 295 g/mol. The third-order valence-electron chi connectivity index (χ3n) is 5.16. The summed E-state index contributed by atoms with van der Waals surface area (Å²) in [6, 6.07) is 0. The van der Waals surface area contributed by atoms with E-state index >= 15 is 0 Å². The Kier molecular flexibility index (Phi) is 5.49. The maximum atomic E-state index is 12.6. The molecule has 1 amide bonds. The van der Waals surface area contributed by atoms with Crippen molar-refractivity contribution in [2.24, 2.45) is 11.8 Å². The Morgan fingerprint density at radius 1 is 1.19 bits per heavy atom. The van der Waals surface area contributed by atoms with Gasteiger partial charge >= 0.3 is 0 Å². The lowest BCUT2D eigenvalue weighted by Gasteiger charge is -2.36. The van der Waals surface area contributed by atoms with Crippen molar-refractivity contribution in [3.63, 3.8) is 0 Å². The zero-order valence-corrected chi connectivity index (χ0v) is 13.1. The molecule has 0 aliphatic carbocycles. The molecule has 0 saturated carbocycles. The van der Waals surface area contributed by atoms with Crippen LogP contribution in [0, 0.1) is 11.8 Å². The molecule has 0 radical (unpaired) electrons. The Hall–Kier alpha value is -0.650. The van der Waals surface area contributed by atoms with Crippen LogP contribution in [0.5, 0.6) is 0 Å². The number of hydrogen-bond donors (Lipinski definition) is 1. The Morgan fingerprint density at radius 2 is 2.05 bits per heavy atom. The van der Waals surface area contributed by atoms with E-state index in [2.05, 4.69) is 15.1 Å². The molecular weight excluding hydrogens is 266 g/mol. The lowest BCUT2D eigenvalue weighted by atomic mass is 9.95. The lowest BCUT2D eigenvalue weighted by Crippen LogP contribution is -2.51. The highest BCUT2D eigenvalue weighted by atomic mass is 16.5. The van der Waals surface area contributed by atoms with E-state index < -0.39 is 0 Å². The zero-order valence-electron chi connectivity index (χ0n) is 13.1. The monoisotopic (exact) mass is 295 g/mol. The van der Waals surface area contributed by atoms with Gasteiger partial charge in [-0.3, -0.25) is 4.79 Å². The molecule has 5 heteroatoms. The van der Waals surface area contributed by atoms with Gasteiger partial charge in [-0.25, -0.2) is 0 Å². The SMILES string of the molecule is O=C(C1CCCN(CCC2CCOC2)C1)N1CCNCC1. The van der Waals surface area contributed by atoms with Crippen molar-refractivity contribution in [2.75, 3.05) is 59.0 Å². The first-order valence-electron chi connectivity index (χ1n) is 8.62. The molecule has 0 aromatic heterocycles. The molecule has 0 bridgehead atoms. The fraction of sp³-hybridized carbons (Fsp3) is 0.938. The van der Waals surface area contributed by atoms with Crippen LogP contribution in [0.25, 0.3) is 0 Å². The summed E-state index contributed by atoms with van der Waals surface area (Å²) in [5.74, 6) is 1.37. The van der Waals surface area contributed by atoms with E-state index in [1.54, 1.807) is 0 Å². The highest BCUT2D eigenvalue weighted by Crippen LogP contribution is 2.22. The summed E-state index contributed by atoms with van der Waals surface area (Å²) in [4.78, 5) is 17.2. The van der Waals surface area contributed by atoms with Gasteiger partial charge in [-0.05, 0) is 44.7 Å². The van der Waals surface area contributed by atoms with E-state index in [4.69, 9.17) is 4.74 Å². The smallest absolute Gasteiger partial charge is 0.227 e. The Labute approximate surface area is 128 Å². The quantitative estimate of drug-likeness (QED) is 0.823. The van der Waals surface area contributed by atoms with E-state index in [0.717, 1.165) is 64.8 Å². The van der Waals surface area contributed by atoms with Crippen LogP contribution in [-0.2, 0) is 9.53 Å². The molecule has 3 heterocycles. The van der Waals surface area contributed by atoms with Crippen molar-refractivity contribution in [2.45, 2.75) is 25.7 Å². The number of nitrogens with zero attached hydrogens (tertiary/aromatic N) is 2. The van der Waals surface area contributed by atoms with Gasteiger partial charge < -0.3 is 19.9 Å². The summed E-state index contributed by atoms with van der Waals surface area (Å²) in [5.41, 5.74) is 0. The molecule has 120 valence electrons. The van der Waals surface area contributed by atoms with Crippen molar-refractivity contribution in [3.05, 3.63) is 0 Å². The van der Waals surface area contributed by atoms with Crippen LogP contribution in [0.1, 0.15) is 25.7 Å². The first-order valence-corrected chi connectivity index (χ1v) is 8.62. The maximum absolute atomic E-state index is 12.6. The van der Waals surface area contributed by atoms with E-state index in [1.165, 1.54) is 25.8 Å². The molecular formula is C16H29N3O2. The van der Waals surface area contributed by atoms with E-state index in [-0.39, 0.29) is 5.92 Å². The third-order valence-corrected chi connectivity index (χ3v) is 5.16. The van der Waals surface area contributed by atoms with E-state index in [1.807, 2.05) is 0 Å². The van der Waals surface area contributed by atoms with Crippen LogP contribution >= 0.6 is 0 Å². The van der Waals surface area contributed by atoms with E-state index in [0.29, 0.717) is 5.91 Å². The van der Waals surface area contributed by atoms with Gasteiger partial charge in [0.1, 0.15) is 0 Å². The number of piperazine rings is 1. The van der Waals surface area contributed by atoms with Crippen LogP contribution in [0.4, 0.5) is 0 Å². The fourth-order valence-electron chi connectivity index (χ4n) is 3.78. The lowest BCUT2D eigenvalue weighted by molar-refractivity contribution is -0.138. The van der Waals surface area contributed by atoms with Crippen LogP contribution < -0.4 is 5.32 Å². The summed E-state index contributed by atoms with van der Waals surface area (Å²) in [6.07, 6.45) is 4.70. The second-order valence-corrected chi connectivity index (χ2v) is 6.73. The van der Waals surface area contributed by atoms with Crippen LogP contribution in [0.3, 0.4) is 0 Å². The second kappa shape index (κ2) is 7.56. The van der Waals surface area contributed by atoms with Gasteiger partial charge in [0.2, 0.25) is 5.91 Å². The first-order chi connectivity index (χ1) is 10.3. The molecule has 2 atom stereocenters. The van der Waals surface area contributed by atoms with Crippen LogP contribution in [0.15, 0.2) is 0 Å². The Balaban J connectivity index is 1.44. The molecule has 3 saturated heterocycles. The van der Waals surface area contributed by atoms with Gasteiger partial charge in [0.15, 0.2) is 0 Å². The van der Waals surface area contributed by atoms with Gasteiger partial charge in [0.05, 0.1) is 5.92 Å². The maximum Gasteiger partial charge on any atom is 0.227 e. The zero-order chi connectivity index (χ0) is 14.5. The van der Waals surface area contributed by atoms with Crippen molar-refractivity contribution in [3.8, 4) is 0 Å². The predicted molar refractivity (Wildman–Crippen MR) is 82.2 cm³/mol. The van der Waals surface area contributed by atoms with Crippen LogP contribution in [-0.4, -0.2) is 74.7 Å². The highest BCUT2D eigenvalue weighted by molar-refractivity contribution is 5.79. The van der Waals surface area contributed by atoms with Gasteiger partial charge in [-0.15, -0.1) is 0 Å². The molecule has 0 aromatic carbocycles. The summed E-state index contributed by atoms with van der Waals surface area (Å²) < 4.78 is 5.45.